The lowest BCUT2D eigenvalue weighted by atomic mass is 10.2. The summed E-state index contributed by atoms with van der Waals surface area (Å²) in [6, 6.07) is 8.08. The Morgan fingerprint density at radius 3 is 2.69 bits per heavy atom. The zero-order valence-corrected chi connectivity index (χ0v) is 16.9. The molecule has 0 aliphatic rings. The van der Waals surface area contributed by atoms with E-state index in [2.05, 4.69) is 20.5 Å². The first-order valence-electron chi connectivity index (χ1n) is 8.56. The molecule has 1 amide bonds. The maximum atomic E-state index is 12.5. The molecule has 0 fully saturated rings. The number of benzene rings is 1. The van der Waals surface area contributed by atoms with Crippen LogP contribution in [-0.2, 0) is 13.6 Å². The lowest BCUT2D eigenvalue weighted by Crippen LogP contribution is -2.23. The second kappa shape index (κ2) is 8.69. The number of rotatable bonds is 7. The monoisotopic (exact) mass is 413 g/mol. The molecule has 0 atom stereocenters. The van der Waals surface area contributed by atoms with Gasteiger partial charge in [0.1, 0.15) is 12.1 Å². The molecule has 1 N–H and O–H groups in total. The second-order valence-corrected chi connectivity index (χ2v) is 7.38. The van der Waals surface area contributed by atoms with Crippen molar-refractivity contribution < 1.29 is 9.72 Å². The highest BCUT2D eigenvalue weighted by molar-refractivity contribution is 7.99. The summed E-state index contributed by atoms with van der Waals surface area (Å²) >= 11 is 1.11. The fourth-order valence-corrected chi connectivity index (χ4v) is 3.27. The molecule has 1 aromatic carbocycles. The summed E-state index contributed by atoms with van der Waals surface area (Å²) in [5.41, 5.74) is 0.868. The van der Waals surface area contributed by atoms with Crippen molar-refractivity contribution in [1.82, 2.24) is 25.1 Å². The van der Waals surface area contributed by atoms with Gasteiger partial charge in [0.2, 0.25) is 0 Å². The van der Waals surface area contributed by atoms with E-state index in [0.29, 0.717) is 10.1 Å². The van der Waals surface area contributed by atoms with Gasteiger partial charge in [-0.3, -0.25) is 14.9 Å². The van der Waals surface area contributed by atoms with Crippen molar-refractivity contribution in [2.75, 3.05) is 19.0 Å². The molecule has 0 saturated heterocycles. The van der Waals surface area contributed by atoms with Gasteiger partial charge in [-0.1, -0.05) is 6.07 Å². The third kappa shape index (κ3) is 4.88. The van der Waals surface area contributed by atoms with Gasteiger partial charge < -0.3 is 14.8 Å². The Bertz CT molecular complexity index is 1030. The number of carbonyl (C=O) groups excluding carboxylic acids is 1. The van der Waals surface area contributed by atoms with E-state index in [9.17, 15) is 14.9 Å². The maximum absolute atomic E-state index is 12.5. The molecule has 3 aromatic rings. The van der Waals surface area contributed by atoms with Crippen LogP contribution < -0.4 is 10.2 Å². The van der Waals surface area contributed by atoms with Crippen molar-refractivity contribution in [2.24, 2.45) is 7.05 Å². The van der Waals surface area contributed by atoms with Gasteiger partial charge in [-0.05, 0) is 35.5 Å². The number of nitro groups is 1. The molecule has 2 aromatic heterocycles. The van der Waals surface area contributed by atoms with Crippen molar-refractivity contribution in [3.05, 3.63) is 64.1 Å². The highest BCUT2D eigenvalue weighted by atomic mass is 32.2. The van der Waals surface area contributed by atoms with Gasteiger partial charge in [0.05, 0.1) is 9.82 Å². The molecule has 0 radical (unpaired) electrons. The fraction of sp³-hybridized carbons (Fsp3) is 0.222. The van der Waals surface area contributed by atoms with Gasteiger partial charge >= 0.3 is 0 Å². The average Bonchev–Trinajstić information content (AvgIpc) is 3.11. The van der Waals surface area contributed by atoms with Crippen LogP contribution >= 0.6 is 11.8 Å². The number of amides is 1. The number of nitrogens with one attached hydrogen (secondary N) is 1. The van der Waals surface area contributed by atoms with Gasteiger partial charge in [-0.2, -0.15) is 0 Å². The molecule has 10 nitrogen and oxygen atoms in total. The number of hydrogen-bond donors (Lipinski definition) is 1. The molecule has 2 heterocycles. The zero-order chi connectivity index (χ0) is 21.0. The van der Waals surface area contributed by atoms with E-state index in [1.165, 1.54) is 12.4 Å². The molecular weight excluding hydrogens is 394 g/mol. The summed E-state index contributed by atoms with van der Waals surface area (Å²) in [5.74, 6) is 0.409. The summed E-state index contributed by atoms with van der Waals surface area (Å²) in [4.78, 5) is 30.0. The van der Waals surface area contributed by atoms with Crippen molar-refractivity contribution in [3.8, 4) is 0 Å². The van der Waals surface area contributed by atoms with Crippen LogP contribution in [0.4, 0.5) is 11.5 Å². The second-order valence-electron chi connectivity index (χ2n) is 6.37. The van der Waals surface area contributed by atoms with Gasteiger partial charge in [-0.25, -0.2) is 4.98 Å². The summed E-state index contributed by atoms with van der Waals surface area (Å²) < 4.78 is 1.66. The quantitative estimate of drug-likeness (QED) is 0.463. The average molecular weight is 413 g/mol. The van der Waals surface area contributed by atoms with Crippen LogP contribution in [0.5, 0.6) is 0 Å². The van der Waals surface area contributed by atoms with Crippen molar-refractivity contribution in [1.29, 1.82) is 0 Å². The third-order valence-corrected chi connectivity index (χ3v) is 5.13. The van der Waals surface area contributed by atoms with Crippen LogP contribution in [-0.4, -0.2) is 44.7 Å². The van der Waals surface area contributed by atoms with Crippen LogP contribution in [0.2, 0.25) is 0 Å². The zero-order valence-electron chi connectivity index (χ0n) is 16.1. The molecule has 150 valence electrons. The van der Waals surface area contributed by atoms with Crippen LogP contribution in [0, 0.1) is 10.1 Å². The minimum atomic E-state index is -0.515. The highest BCUT2D eigenvalue weighted by Gasteiger charge is 2.20. The Morgan fingerprint density at radius 2 is 2.10 bits per heavy atom. The van der Waals surface area contributed by atoms with E-state index >= 15 is 0 Å². The molecule has 0 aliphatic carbocycles. The Hall–Kier alpha value is -3.47. The number of carbonyl (C=O) groups is 1. The molecule has 0 aliphatic heterocycles. The summed E-state index contributed by atoms with van der Waals surface area (Å²) in [6.07, 6.45) is 3.19. The summed E-state index contributed by atoms with van der Waals surface area (Å²) in [5, 5.41) is 22.4. The van der Waals surface area contributed by atoms with Crippen molar-refractivity contribution in [2.45, 2.75) is 16.6 Å². The Labute approximate surface area is 171 Å². The van der Waals surface area contributed by atoms with E-state index in [1.807, 2.05) is 31.1 Å². The molecule has 0 spiro atoms. The first kappa shape index (κ1) is 20.3. The predicted octanol–water partition coefficient (Wildman–Crippen LogP) is 2.27. The van der Waals surface area contributed by atoms with Crippen LogP contribution in [0.1, 0.15) is 15.9 Å². The van der Waals surface area contributed by atoms with Crippen LogP contribution in [0.15, 0.2) is 52.9 Å². The molecule has 11 heteroatoms. The summed E-state index contributed by atoms with van der Waals surface area (Å²) in [6.45, 7) is 0.267. The molecule has 3 rings (SSSR count). The van der Waals surface area contributed by atoms with E-state index in [-0.39, 0.29) is 17.8 Å². The third-order valence-electron chi connectivity index (χ3n) is 4.01. The molecule has 0 bridgehead atoms. The predicted molar refractivity (Wildman–Crippen MR) is 108 cm³/mol. The normalized spacial score (nSPS) is 10.6. The van der Waals surface area contributed by atoms with Gasteiger partial charge in [-0.15, -0.1) is 10.2 Å². The van der Waals surface area contributed by atoms with Crippen molar-refractivity contribution >= 4 is 29.2 Å². The van der Waals surface area contributed by atoms with E-state index in [0.717, 1.165) is 23.1 Å². The minimum Gasteiger partial charge on any atom is -0.363 e. The lowest BCUT2D eigenvalue weighted by Gasteiger charge is -2.11. The number of pyridine rings is 1. The lowest BCUT2D eigenvalue weighted by molar-refractivity contribution is -0.387. The number of nitro benzene ring substituents is 1. The number of anilines is 1. The first-order chi connectivity index (χ1) is 13.8. The smallest absolute Gasteiger partial charge is 0.284 e. The molecule has 29 heavy (non-hydrogen) atoms. The minimum absolute atomic E-state index is 0.164. The van der Waals surface area contributed by atoms with E-state index in [1.54, 1.807) is 29.9 Å². The Balaban J connectivity index is 1.72. The molecular formula is C18H19N7O3S. The first-order valence-corrected chi connectivity index (χ1v) is 9.37. The summed E-state index contributed by atoms with van der Waals surface area (Å²) in [7, 11) is 5.53. The van der Waals surface area contributed by atoms with Crippen LogP contribution in [0.3, 0.4) is 0 Å². The van der Waals surface area contributed by atoms with Gasteiger partial charge in [0.15, 0.2) is 5.16 Å². The number of aromatic nitrogens is 4. The van der Waals surface area contributed by atoms with Crippen molar-refractivity contribution in [3.63, 3.8) is 0 Å². The molecule has 0 unspecified atom stereocenters. The maximum Gasteiger partial charge on any atom is 0.284 e. The Kier molecular flexibility index (Phi) is 6.07. The number of nitrogens with zero attached hydrogens (tertiary/aromatic N) is 6. The highest BCUT2D eigenvalue weighted by Crippen LogP contribution is 2.34. The standard InChI is InChI=1S/C18H19N7O3S/c1-23(2)16-7-4-12(9-19-16)10-20-17(26)13-5-6-15(14(8-13)25(27)28)29-18-22-21-11-24(18)3/h4-9,11H,10H2,1-3H3,(H,20,26). The largest absolute Gasteiger partial charge is 0.363 e. The van der Waals surface area contributed by atoms with Gasteiger partial charge in [0.25, 0.3) is 11.6 Å². The fourth-order valence-electron chi connectivity index (χ4n) is 2.42. The van der Waals surface area contributed by atoms with E-state index in [4.69, 9.17) is 0 Å². The number of aryl methyl sites for hydroxylation is 1. The van der Waals surface area contributed by atoms with Crippen LogP contribution in [0.25, 0.3) is 0 Å². The number of hydrogen-bond acceptors (Lipinski definition) is 8. The Morgan fingerprint density at radius 1 is 1.31 bits per heavy atom. The van der Waals surface area contributed by atoms with E-state index < -0.39 is 10.8 Å². The molecule has 0 saturated carbocycles. The SMILES string of the molecule is CN(C)c1ccc(CNC(=O)c2ccc(Sc3nncn3C)c([N+](=O)[O-])c2)cn1. The van der Waals surface area contributed by atoms with Gasteiger partial charge in [0, 0.05) is 45.5 Å². The topological polar surface area (TPSA) is 119 Å².